The Morgan fingerprint density at radius 1 is 1.45 bits per heavy atom. The molecule has 1 aliphatic rings. The van der Waals surface area contributed by atoms with E-state index in [4.69, 9.17) is 9.47 Å². The second kappa shape index (κ2) is 6.95. The first-order valence-electron chi connectivity index (χ1n) is 7.28. The lowest BCUT2D eigenvalue weighted by atomic mass is 10.00. The molecule has 1 aromatic carbocycles. The first kappa shape index (κ1) is 15.1. The van der Waals surface area contributed by atoms with E-state index >= 15 is 0 Å². The van der Waals surface area contributed by atoms with Crippen molar-refractivity contribution in [3.63, 3.8) is 0 Å². The molecule has 4 heteroatoms. The van der Waals surface area contributed by atoms with E-state index in [0.29, 0.717) is 0 Å². The lowest BCUT2D eigenvalue weighted by molar-refractivity contribution is 0.0994. The van der Waals surface area contributed by atoms with Crippen molar-refractivity contribution in [2.75, 3.05) is 33.9 Å². The summed E-state index contributed by atoms with van der Waals surface area (Å²) < 4.78 is 11.7. The predicted octanol–water partition coefficient (Wildman–Crippen LogP) is 2.26. The predicted molar refractivity (Wildman–Crippen MR) is 79.6 cm³/mol. The number of hydrogen-bond acceptors (Lipinski definition) is 4. The Morgan fingerprint density at radius 2 is 2.25 bits per heavy atom. The van der Waals surface area contributed by atoms with Crippen LogP contribution in [-0.4, -0.2) is 50.0 Å². The van der Waals surface area contributed by atoms with Crippen molar-refractivity contribution < 1.29 is 14.6 Å². The van der Waals surface area contributed by atoms with Crippen molar-refractivity contribution >= 4 is 0 Å². The van der Waals surface area contributed by atoms with E-state index in [9.17, 15) is 5.11 Å². The van der Waals surface area contributed by atoms with Gasteiger partial charge < -0.3 is 19.5 Å². The molecule has 1 aromatic rings. The lowest BCUT2D eigenvalue weighted by Gasteiger charge is -2.31. The molecule has 1 aliphatic heterocycles. The van der Waals surface area contributed by atoms with Crippen molar-refractivity contribution in [1.82, 2.24) is 4.90 Å². The zero-order valence-corrected chi connectivity index (χ0v) is 12.6. The normalized spacial score (nSPS) is 21.5. The van der Waals surface area contributed by atoms with E-state index in [0.717, 1.165) is 43.0 Å². The molecule has 0 aromatic heterocycles. The molecular formula is C16H25NO3. The number of likely N-dealkylation sites (N-methyl/N-ethyl adjacent to an activating group) is 1. The van der Waals surface area contributed by atoms with Crippen LogP contribution in [0.2, 0.25) is 0 Å². The molecule has 1 N–H and O–H groups in total. The number of rotatable bonds is 5. The van der Waals surface area contributed by atoms with Crippen LogP contribution < -0.4 is 9.47 Å². The Balaban J connectivity index is 2.23. The monoisotopic (exact) mass is 279 g/mol. The number of aliphatic hydroxyl groups is 1. The summed E-state index contributed by atoms with van der Waals surface area (Å²) in [5.41, 5.74) is 1.01. The van der Waals surface area contributed by atoms with Gasteiger partial charge in [-0.05, 0) is 32.5 Å². The summed E-state index contributed by atoms with van der Waals surface area (Å²) in [5, 5.41) is 9.42. The highest BCUT2D eigenvalue weighted by molar-refractivity contribution is 5.48. The molecule has 0 amide bonds. The van der Waals surface area contributed by atoms with Gasteiger partial charge in [-0.3, -0.25) is 0 Å². The Morgan fingerprint density at radius 3 is 2.90 bits per heavy atom. The fraction of sp³-hybridized carbons (Fsp3) is 0.625. The number of piperidine rings is 1. The largest absolute Gasteiger partial charge is 0.493 e. The molecule has 0 saturated carbocycles. The summed E-state index contributed by atoms with van der Waals surface area (Å²) in [5.74, 6) is 1.58. The second-order valence-corrected chi connectivity index (χ2v) is 5.61. The topological polar surface area (TPSA) is 41.9 Å². The average molecular weight is 279 g/mol. The number of benzene rings is 1. The number of aliphatic hydroxyl groups excluding tert-OH is 1. The van der Waals surface area contributed by atoms with Crippen molar-refractivity contribution in [2.45, 2.75) is 31.8 Å². The smallest absolute Gasteiger partial charge is 0.165 e. The third-order valence-electron chi connectivity index (χ3n) is 3.90. The summed E-state index contributed by atoms with van der Waals surface area (Å²) in [6, 6.07) is 5.86. The third-order valence-corrected chi connectivity index (χ3v) is 3.90. The fourth-order valence-corrected chi connectivity index (χ4v) is 2.69. The maximum Gasteiger partial charge on any atom is 0.165 e. The van der Waals surface area contributed by atoms with Gasteiger partial charge in [-0.1, -0.05) is 19.1 Å². The average Bonchev–Trinajstić information content (AvgIpc) is 2.46. The lowest BCUT2D eigenvalue weighted by Crippen LogP contribution is -2.38. The summed E-state index contributed by atoms with van der Waals surface area (Å²) >= 11 is 0. The van der Waals surface area contributed by atoms with Gasteiger partial charge >= 0.3 is 0 Å². The summed E-state index contributed by atoms with van der Waals surface area (Å²) in [7, 11) is 3.78. The van der Waals surface area contributed by atoms with Crippen LogP contribution in [0, 0.1) is 0 Å². The number of hydrogen-bond donors (Lipinski definition) is 1. The number of para-hydroxylation sites is 1. The number of nitrogens with zero attached hydrogens (tertiary/aromatic N) is 1. The van der Waals surface area contributed by atoms with E-state index in [2.05, 4.69) is 11.9 Å². The van der Waals surface area contributed by atoms with Crippen LogP contribution in [0.5, 0.6) is 11.5 Å². The first-order chi connectivity index (χ1) is 9.65. The van der Waals surface area contributed by atoms with E-state index in [1.165, 1.54) is 0 Å². The van der Waals surface area contributed by atoms with Gasteiger partial charge in [-0.25, -0.2) is 0 Å². The molecule has 20 heavy (non-hydrogen) atoms. The fourth-order valence-electron chi connectivity index (χ4n) is 2.69. The first-order valence-corrected chi connectivity index (χ1v) is 7.28. The van der Waals surface area contributed by atoms with Crippen molar-refractivity contribution in [1.29, 1.82) is 0 Å². The summed E-state index contributed by atoms with van der Waals surface area (Å²) in [6.45, 7) is 4.17. The number of likely N-dealkylation sites (tertiary alicyclic amines) is 1. The maximum absolute atomic E-state index is 9.42. The third kappa shape index (κ3) is 3.44. The maximum atomic E-state index is 9.42. The highest BCUT2D eigenvalue weighted by Gasteiger charge is 2.23. The molecule has 0 radical (unpaired) electrons. The standard InChI is InChI=1S/C16H25NO3/c1-12(11-18)14-7-4-8-15(19-3)16(14)20-13-6-5-9-17(2)10-13/h4,7-8,12-13,18H,5-6,9-11H2,1-3H3. The molecular weight excluding hydrogens is 254 g/mol. The van der Waals surface area contributed by atoms with E-state index in [1.807, 2.05) is 25.1 Å². The molecule has 1 heterocycles. The quantitative estimate of drug-likeness (QED) is 0.898. The highest BCUT2D eigenvalue weighted by Crippen LogP contribution is 2.37. The molecule has 2 rings (SSSR count). The van der Waals surface area contributed by atoms with Gasteiger partial charge in [0.25, 0.3) is 0 Å². The molecule has 4 nitrogen and oxygen atoms in total. The van der Waals surface area contributed by atoms with Gasteiger partial charge in [0, 0.05) is 24.6 Å². The molecule has 112 valence electrons. The van der Waals surface area contributed by atoms with Gasteiger partial charge in [-0.15, -0.1) is 0 Å². The number of methoxy groups -OCH3 is 1. The van der Waals surface area contributed by atoms with Crippen molar-refractivity contribution in [3.8, 4) is 11.5 Å². The SMILES string of the molecule is COc1cccc(C(C)CO)c1OC1CCCN(C)C1. The molecule has 1 fully saturated rings. The van der Waals surface area contributed by atoms with Crippen molar-refractivity contribution in [3.05, 3.63) is 23.8 Å². The van der Waals surface area contributed by atoms with Crippen LogP contribution in [-0.2, 0) is 0 Å². The van der Waals surface area contributed by atoms with Crippen LogP contribution in [0.3, 0.4) is 0 Å². The van der Waals surface area contributed by atoms with Crippen molar-refractivity contribution in [2.24, 2.45) is 0 Å². The minimum atomic E-state index is 0.0430. The Kier molecular flexibility index (Phi) is 5.26. The zero-order chi connectivity index (χ0) is 14.5. The van der Waals surface area contributed by atoms with Crippen LogP contribution in [0.25, 0.3) is 0 Å². The zero-order valence-electron chi connectivity index (χ0n) is 12.6. The van der Waals surface area contributed by atoms with Gasteiger partial charge in [0.2, 0.25) is 0 Å². The Labute approximate surface area is 121 Å². The van der Waals surface area contributed by atoms with Crippen LogP contribution >= 0.6 is 0 Å². The molecule has 2 atom stereocenters. The number of ether oxygens (including phenoxy) is 2. The van der Waals surface area contributed by atoms with Crippen LogP contribution in [0.15, 0.2) is 18.2 Å². The van der Waals surface area contributed by atoms with Gasteiger partial charge in [0.15, 0.2) is 11.5 Å². The minimum Gasteiger partial charge on any atom is -0.493 e. The van der Waals surface area contributed by atoms with Crippen LogP contribution in [0.4, 0.5) is 0 Å². The second-order valence-electron chi connectivity index (χ2n) is 5.61. The molecule has 0 aliphatic carbocycles. The molecule has 0 spiro atoms. The summed E-state index contributed by atoms with van der Waals surface area (Å²) in [4.78, 5) is 2.29. The molecule has 2 unspecified atom stereocenters. The van der Waals surface area contributed by atoms with Crippen LogP contribution in [0.1, 0.15) is 31.2 Å². The summed E-state index contributed by atoms with van der Waals surface area (Å²) in [6.07, 6.45) is 2.41. The van der Waals surface area contributed by atoms with Gasteiger partial charge in [-0.2, -0.15) is 0 Å². The van der Waals surface area contributed by atoms with E-state index in [-0.39, 0.29) is 18.6 Å². The molecule has 0 bridgehead atoms. The Hall–Kier alpha value is -1.26. The minimum absolute atomic E-state index is 0.0430. The van der Waals surface area contributed by atoms with E-state index in [1.54, 1.807) is 7.11 Å². The van der Waals surface area contributed by atoms with Gasteiger partial charge in [0.1, 0.15) is 6.10 Å². The van der Waals surface area contributed by atoms with E-state index < -0.39 is 0 Å². The highest BCUT2D eigenvalue weighted by atomic mass is 16.5. The molecule has 1 saturated heterocycles. The Bertz CT molecular complexity index is 436. The van der Waals surface area contributed by atoms with Gasteiger partial charge in [0.05, 0.1) is 7.11 Å².